The summed E-state index contributed by atoms with van der Waals surface area (Å²) in [5, 5.41) is 12.3. The number of hydrogen-bond acceptors (Lipinski definition) is 7. The summed E-state index contributed by atoms with van der Waals surface area (Å²) in [4.78, 5) is 35.2. The number of hydrogen-bond donors (Lipinski definition) is 2. The van der Waals surface area contributed by atoms with E-state index in [1.807, 2.05) is 0 Å². The molecular formula is C31H34ClF3N4O5. The Kier molecular flexibility index (Phi) is 10.8. The zero-order valence-corrected chi connectivity index (χ0v) is 25.3. The van der Waals surface area contributed by atoms with Gasteiger partial charge in [0.05, 0.1) is 61.2 Å². The quantitative estimate of drug-likeness (QED) is 0.313. The SMILES string of the molecule is CC(C)(C)OC(=O)N1C[C@@H](CCc2c(F)cncc2NC(=O)C[C@H](c2cncc(F)c2)c2ccc(Cl)c(F)c2)OC[C@H]1CO. The topological polar surface area (TPSA) is 114 Å². The Labute approximate surface area is 258 Å². The summed E-state index contributed by atoms with van der Waals surface area (Å²) < 4.78 is 54.7. The predicted octanol–water partition coefficient (Wildman–Crippen LogP) is 5.64. The van der Waals surface area contributed by atoms with Crippen LogP contribution in [0.2, 0.25) is 5.02 Å². The van der Waals surface area contributed by atoms with Crippen molar-refractivity contribution in [1.29, 1.82) is 0 Å². The van der Waals surface area contributed by atoms with Crippen LogP contribution in [0.15, 0.2) is 49.1 Å². The Morgan fingerprint density at radius 2 is 1.86 bits per heavy atom. The summed E-state index contributed by atoms with van der Waals surface area (Å²) in [6.45, 7) is 5.11. The molecule has 236 valence electrons. The fourth-order valence-corrected chi connectivity index (χ4v) is 5.04. The van der Waals surface area contributed by atoms with Crippen LogP contribution >= 0.6 is 11.6 Å². The van der Waals surface area contributed by atoms with Crippen molar-refractivity contribution in [3.8, 4) is 0 Å². The van der Waals surface area contributed by atoms with E-state index < -0.39 is 53.1 Å². The molecule has 1 saturated heterocycles. The molecule has 13 heteroatoms. The Morgan fingerprint density at radius 1 is 1.11 bits per heavy atom. The van der Waals surface area contributed by atoms with E-state index in [1.54, 1.807) is 20.8 Å². The number of carbonyl (C=O) groups is 2. The van der Waals surface area contributed by atoms with Crippen molar-refractivity contribution in [2.45, 2.75) is 63.7 Å². The number of nitrogens with one attached hydrogen (secondary N) is 1. The normalized spacial score (nSPS) is 17.7. The van der Waals surface area contributed by atoms with Gasteiger partial charge in [0.2, 0.25) is 5.91 Å². The van der Waals surface area contributed by atoms with Crippen molar-refractivity contribution in [2.24, 2.45) is 0 Å². The van der Waals surface area contributed by atoms with Crippen molar-refractivity contribution < 1.29 is 37.3 Å². The molecule has 2 aromatic heterocycles. The van der Waals surface area contributed by atoms with Crippen molar-refractivity contribution in [3.63, 3.8) is 0 Å². The van der Waals surface area contributed by atoms with Gasteiger partial charge in [-0.25, -0.2) is 18.0 Å². The number of rotatable bonds is 9. The minimum Gasteiger partial charge on any atom is -0.444 e. The highest BCUT2D eigenvalue weighted by Crippen LogP contribution is 2.31. The molecule has 1 aliphatic rings. The van der Waals surface area contributed by atoms with Gasteiger partial charge in [-0.15, -0.1) is 0 Å². The molecule has 0 aliphatic carbocycles. The lowest BCUT2D eigenvalue weighted by atomic mass is 9.89. The number of anilines is 1. The van der Waals surface area contributed by atoms with Crippen LogP contribution in [0.3, 0.4) is 0 Å². The number of pyridine rings is 2. The van der Waals surface area contributed by atoms with E-state index in [4.69, 9.17) is 21.1 Å². The number of carbonyl (C=O) groups excluding carboxylic acids is 2. The molecule has 1 fully saturated rings. The molecule has 1 aromatic carbocycles. The third-order valence-corrected chi connectivity index (χ3v) is 7.37. The van der Waals surface area contributed by atoms with Gasteiger partial charge < -0.3 is 19.9 Å². The van der Waals surface area contributed by atoms with Crippen LogP contribution in [0, 0.1) is 17.5 Å². The van der Waals surface area contributed by atoms with E-state index in [9.17, 15) is 23.5 Å². The number of benzene rings is 1. The number of amides is 2. The largest absolute Gasteiger partial charge is 0.444 e. The molecule has 1 aliphatic heterocycles. The van der Waals surface area contributed by atoms with E-state index in [0.717, 1.165) is 12.4 Å². The lowest BCUT2D eigenvalue weighted by Gasteiger charge is -2.39. The maximum atomic E-state index is 15.0. The molecule has 0 radical (unpaired) electrons. The third kappa shape index (κ3) is 8.67. The van der Waals surface area contributed by atoms with Gasteiger partial charge in [-0.3, -0.25) is 19.7 Å². The summed E-state index contributed by atoms with van der Waals surface area (Å²) >= 11 is 5.84. The Hall–Kier alpha value is -3.74. The van der Waals surface area contributed by atoms with Gasteiger partial charge in [0.25, 0.3) is 0 Å². The molecule has 3 aromatic rings. The smallest absolute Gasteiger partial charge is 0.410 e. The lowest BCUT2D eigenvalue weighted by molar-refractivity contribution is -0.116. The van der Waals surface area contributed by atoms with E-state index >= 15 is 4.39 Å². The second kappa shape index (κ2) is 14.4. The van der Waals surface area contributed by atoms with Crippen molar-refractivity contribution >= 4 is 29.3 Å². The molecule has 0 bridgehead atoms. The molecule has 0 spiro atoms. The van der Waals surface area contributed by atoms with E-state index in [2.05, 4.69) is 15.3 Å². The number of aliphatic hydroxyl groups is 1. The molecule has 2 N–H and O–H groups in total. The van der Waals surface area contributed by atoms with E-state index in [1.165, 1.54) is 41.6 Å². The fourth-order valence-electron chi connectivity index (χ4n) is 4.92. The Bertz CT molecular complexity index is 1490. The molecular weight excluding hydrogens is 601 g/mol. The molecule has 0 unspecified atom stereocenters. The van der Waals surface area contributed by atoms with Crippen LogP contribution in [-0.4, -0.2) is 69.5 Å². The van der Waals surface area contributed by atoms with Crippen molar-refractivity contribution in [1.82, 2.24) is 14.9 Å². The van der Waals surface area contributed by atoms with Gasteiger partial charge in [0.1, 0.15) is 23.1 Å². The summed E-state index contributed by atoms with van der Waals surface area (Å²) in [7, 11) is 0. The molecule has 3 atom stereocenters. The number of aromatic nitrogens is 2. The molecule has 0 saturated carbocycles. The lowest BCUT2D eigenvalue weighted by Crippen LogP contribution is -2.55. The third-order valence-electron chi connectivity index (χ3n) is 7.06. The minimum absolute atomic E-state index is 0.0739. The van der Waals surface area contributed by atoms with Crippen LogP contribution in [0.1, 0.15) is 56.2 Å². The summed E-state index contributed by atoms with van der Waals surface area (Å²) in [5.74, 6) is -3.32. The number of ether oxygens (including phenoxy) is 2. The summed E-state index contributed by atoms with van der Waals surface area (Å²) in [5.41, 5.74) is 0.277. The Balaban J connectivity index is 1.48. The number of aliphatic hydroxyl groups excluding tert-OH is 1. The van der Waals surface area contributed by atoms with E-state index in [-0.39, 0.29) is 55.3 Å². The average molecular weight is 635 g/mol. The first-order valence-electron chi connectivity index (χ1n) is 14.0. The maximum Gasteiger partial charge on any atom is 0.410 e. The number of nitrogens with zero attached hydrogens (tertiary/aromatic N) is 3. The minimum atomic E-state index is -0.788. The maximum absolute atomic E-state index is 15.0. The first-order chi connectivity index (χ1) is 20.8. The average Bonchev–Trinajstić information content (AvgIpc) is 2.96. The molecule has 2 amide bonds. The van der Waals surface area contributed by atoms with Crippen LogP contribution < -0.4 is 5.32 Å². The second-order valence-corrected chi connectivity index (χ2v) is 11.9. The molecule has 44 heavy (non-hydrogen) atoms. The highest BCUT2D eigenvalue weighted by Gasteiger charge is 2.35. The van der Waals surface area contributed by atoms with Gasteiger partial charge in [0, 0.05) is 24.1 Å². The van der Waals surface area contributed by atoms with Gasteiger partial charge >= 0.3 is 6.09 Å². The summed E-state index contributed by atoms with van der Waals surface area (Å²) in [6, 6.07) is 4.68. The zero-order valence-electron chi connectivity index (χ0n) is 24.5. The number of morpholine rings is 1. The molecule has 4 rings (SSSR count). The monoisotopic (exact) mass is 634 g/mol. The van der Waals surface area contributed by atoms with Crippen molar-refractivity contribution in [3.05, 3.63) is 88.2 Å². The Morgan fingerprint density at radius 3 is 2.55 bits per heavy atom. The standard InChI is InChI=1S/C31H34ClF3N4O5/c1-31(2,3)44-30(42)39-15-22(43-17-21(39)16-40)5-6-23-27(35)13-37-14-28(23)38-29(41)10-24(19-8-20(33)12-36-11-19)18-4-7-25(32)26(34)9-18/h4,7-9,11-14,21-22,24,40H,5-6,10,15-17H2,1-3H3,(H,38,41)/t21-,22-,24+/m1/s1. The van der Waals surface area contributed by atoms with Gasteiger partial charge in [-0.2, -0.15) is 0 Å². The number of halogens is 4. The van der Waals surface area contributed by atoms with Gasteiger partial charge in [-0.1, -0.05) is 17.7 Å². The van der Waals surface area contributed by atoms with Gasteiger partial charge in [0.15, 0.2) is 0 Å². The highest BCUT2D eigenvalue weighted by molar-refractivity contribution is 6.30. The molecule has 3 heterocycles. The van der Waals surface area contributed by atoms with Crippen LogP contribution in [-0.2, 0) is 20.7 Å². The van der Waals surface area contributed by atoms with E-state index in [0.29, 0.717) is 11.1 Å². The second-order valence-electron chi connectivity index (χ2n) is 11.5. The van der Waals surface area contributed by atoms with Crippen molar-refractivity contribution in [2.75, 3.05) is 25.1 Å². The molecule has 9 nitrogen and oxygen atoms in total. The van der Waals surface area contributed by atoms with Crippen LogP contribution in [0.4, 0.5) is 23.7 Å². The predicted molar refractivity (Wildman–Crippen MR) is 157 cm³/mol. The van der Waals surface area contributed by atoms with Crippen LogP contribution in [0.25, 0.3) is 0 Å². The van der Waals surface area contributed by atoms with Crippen LogP contribution in [0.5, 0.6) is 0 Å². The highest BCUT2D eigenvalue weighted by atomic mass is 35.5. The van der Waals surface area contributed by atoms with Gasteiger partial charge in [-0.05, 0) is 62.9 Å². The summed E-state index contributed by atoms with van der Waals surface area (Å²) in [6.07, 6.45) is 3.81. The first kappa shape index (κ1) is 33.2. The zero-order chi connectivity index (χ0) is 32.0. The first-order valence-corrected chi connectivity index (χ1v) is 14.4. The fraction of sp³-hybridized carbons (Fsp3) is 0.419.